The van der Waals surface area contributed by atoms with Crippen molar-refractivity contribution in [3.05, 3.63) is 29.8 Å². The molecule has 20 heavy (non-hydrogen) atoms. The average Bonchev–Trinajstić information content (AvgIpc) is 2.48. The molecule has 1 saturated heterocycles. The van der Waals surface area contributed by atoms with Gasteiger partial charge in [0.25, 0.3) is 0 Å². The van der Waals surface area contributed by atoms with E-state index in [0.717, 1.165) is 49.9 Å². The average molecular weight is 341 g/mol. The molecule has 1 heterocycles. The second kappa shape index (κ2) is 7.49. The van der Waals surface area contributed by atoms with Gasteiger partial charge in [-0.05, 0) is 0 Å². The molecule has 0 aromatic heterocycles. The zero-order chi connectivity index (χ0) is 14.5. The second-order valence-corrected chi connectivity index (χ2v) is 8.60. The van der Waals surface area contributed by atoms with Crippen LogP contribution in [-0.4, -0.2) is 28.7 Å². The summed E-state index contributed by atoms with van der Waals surface area (Å²) in [6, 6.07) is 8.16. The fourth-order valence-corrected chi connectivity index (χ4v) is 6.00. The van der Waals surface area contributed by atoms with Crippen LogP contribution in [0.15, 0.2) is 24.3 Å². The van der Waals surface area contributed by atoms with Crippen LogP contribution in [0.25, 0.3) is 0 Å². The van der Waals surface area contributed by atoms with Crippen molar-refractivity contribution < 1.29 is 9.47 Å². The molecule has 112 valence electrons. The van der Waals surface area contributed by atoms with E-state index < -0.39 is 0 Å². The standard InChI is InChI=1S/C17H26O2Se/c1-12-11-20-17(14(3)13(12)2)10-19-9-15-5-7-16(18-4)8-6-15/h5-8,12-14,17H,9-11H2,1-4H3/t12?,13-,14+,17?/m1/s1. The predicted octanol–water partition coefficient (Wildman–Crippen LogP) is 4.04. The summed E-state index contributed by atoms with van der Waals surface area (Å²) in [5.74, 6) is 3.43. The molecular formula is C17H26O2Se. The van der Waals surface area contributed by atoms with Gasteiger partial charge in [-0.2, -0.15) is 0 Å². The van der Waals surface area contributed by atoms with Crippen molar-refractivity contribution in [1.29, 1.82) is 0 Å². The Morgan fingerprint density at radius 3 is 2.45 bits per heavy atom. The minimum atomic E-state index is 0.716. The molecule has 1 aromatic carbocycles. The van der Waals surface area contributed by atoms with Gasteiger partial charge in [-0.15, -0.1) is 0 Å². The number of rotatable bonds is 5. The first kappa shape index (κ1) is 15.9. The van der Waals surface area contributed by atoms with Crippen LogP contribution in [0, 0.1) is 17.8 Å². The third kappa shape index (κ3) is 4.00. The molecule has 2 nitrogen and oxygen atoms in total. The molecule has 1 aliphatic heterocycles. The monoisotopic (exact) mass is 342 g/mol. The van der Waals surface area contributed by atoms with Crippen LogP contribution < -0.4 is 4.74 Å². The van der Waals surface area contributed by atoms with Gasteiger partial charge in [0.2, 0.25) is 0 Å². The molecule has 0 radical (unpaired) electrons. The topological polar surface area (TPSA) is 18.5 Å². The molecule has 4 atom stereocenters. The fraction of sp³-hybridized carbons (Fsp3) is 0.647. The van der Waals surface area contributed by atoms with E-state index >= 15 is 0 Å². The molecule has 0 N–H and O–H groups in total. The van der Waals surface area contributed by atoms with Gasteiger partial charge in [-0.25, -0.2) is 0 Å². The third-order valence-electron chi connectivity index (χ3n) is 4.60. The van der Waals surface area contributed by atoms with Gasteiger partial charge in [0.15, 0.2) is 0 Å². The molecule has 0 amide bonds. The summed E-state index contributed by atoms with van der Waals surface area (Å²) in [5, 5.41) is 1.41. The number of hydrogen-bond donors (Lipinski definition) is 0. The van der Waals surface area contributed by atoms with Gasteiger partial charge in [0, 0.05) is 0 Å². The molecule has 3 heteroatoms. The molecular weight excluding hydrogens is 315 g/mol. The predicted molar refractivity (Wildman–Crippen MR) is 84.5 cm³/mol. The van der Waals surface area contributed by atoms with Crippen molar-refractivity contribution in [2.24, 2.45) is 17.8 Å². The summed E-state index contributed by atoms with van der Waals surface area (Å²) in [6.07, 6.45) is 0. The first-order chi connectivity index (χ1) is 9.61. The van der Waals surface area contributed by atoms with Crippen LogP contribution in [0.3, 0.4) is 0 Å². The summed E-state index contributed by atoms with van der Waals surface area (Å²) < 4.78 is 11.1. The van der Waals surface area contributed by atoms with E-state index in [2.05, 4.69) is 32.9 Å². The van der Waals surface area contributed by atoms with Crippen molar-refractivity contribution in [3.8, 4) is 5.75 Å². The molecule has 2 unspecified atom stereocenters. The number of benzene rings is 1. The van der Waals surface area contributed by atoms with E-state index in [0.29, 0.717) is 6.61 Å². The van der Waals surface area contributed by atoms with E-state index in [4.69, 9.17) is 9.47 Å². The van der Waals surface area contributed by atoms with Crippen molar-refractivity contribution in [3.63, 3.8) is 0 Å². The SMILES string of the molecule is COc1ccc(COCC2[Se]CC(C)[C@@H](C)[C@@H]2C)cc1. The molecule has 1 aromatic rings. The van der Waals surface area contributed by atoms with E-state index in [9.17, 15) is 0 Å². The normalized spacial score (nSPS) is 30.2. The zero-order valence-electron chi connectivity index (χ0n) is 13.0. The summed E-state index contributed by atoms with van der Waals surface area (Å²) in [6.45, 7) is 8.85. The van der Waals surface area contributed by atoms with Crippen molar-refractivity contribution in [2.75, 3.05) is 13.7 Å². The van der Waals surface area contributed by atoms with Gasteiger partial charge >= 0.3 is 129 Å². The van der Waals surface area contributed by atoms with Crippen LogP contribution in [0.2, 0.25) is 10.1 Å². The summed E-state index contributed by atoms with van der Waals surface area (Å²) in [4.78, 5) is 0.784. The Balaban J connectivity index is 1.77. The van der Waals surface area contributed by atoms with Gasteiger partial charge in [-0.1, -0.05) is 0 Å². The van der Waals surface area contributed by atoms with E-state index in [1.165, 1.54) is 10.9 Å². The van der Waals surface area contributed by atoms with Crippen LogP contribution in [-0.2, 0) is 11.3 Å². The van der Waals surface area contributed by atoms with Gasteiger partial charge in [-0.3, -0.25) is 0 Å². The molecule has 1 fully saturated rings. The molecule has 1 aliphatic rings. The molecule has 0 spiro atoms. The van der Waals surface area contributed by atoms with Gasteiger partial charge < -0.3 is 0 Å². The first-order valence-corrected chi connectivity index (χ1v) is 9.64. The number of methoxy groups -OCH3 is 1. The summed E-state index contributed by atoms with van der Waals surface area (Å²) in [5.41, 5.74) is 1.23. The number of ether oxygens (including phenoxy) is 2. The van der Waals surface area contributed by atoms with Crippen LogP contribution in [0.5, 0.6) is 5.75 Å². The van der Waals surface area contributed by atoms with E-state index in [1.807, 2.05) is 12.1 Å². The van der Waals surface area contributed by atoms with Crippen molar-refractivity contribution >= 4 is 15.0 Å². The Hall–Kier alpha value is -0.501. The maximum absolute atomic E-state index is 5.96. The van der Waals surface area contributed by atoms with Crippen LogP contribution >= 0.6 is 0 Å². The molecule has 0 saturated carbocycles. The molecule has 0 bridgehead atoms. The van der Waals surface area contributed by atoms with Gasteiger partial charge in [0.05, 0.1) is 0 Å². The summed E-state index contributed by atoms with van der Waals surface area (Å²) >= 11 is 0.741. The Bertz CT molecular complexity index is 404. The van der Waals surface area contributed by atoms with E-state index in [-0.39, 0.29) is 0 Å². The first-order valence-electron chi connectivity index (χ1n) is 7.44. The summed E-state index contributed by atoms with van der Waals surface area (Å²) in [7, 11) is 1.69. The van der Waals surface area contributed by atoms with Crippen LogP contribution in [0.1, 0.15) is 26.3 Å². The molecule has 0 aliphatic carbocycles. The Morgan fingerprint density at radius 2 is 1.80 bits per heavy atom. The van der Waals surface area contributed by atoms with Crippen molar-refractivity contribution in [1.82, 2.24) is 0 Å². The Kier molecular flexibility index (Phi) is 5.95. The third-order valence-corrected chi connectivity index (χ3v) is 8.19. The zero-order valence-corrected chi connectivity index (χ0v) is 14.7. The second-order valence-electron chi connectivity index (χ2n) is 5.93. The Labute approximate surface area is 129 Å². The number of hydrogen-bond acceptors (Lipinski definition) is 2. The van der Waals surface area contributed by atoms with Crippen LogP contribution in [0.4, 0.5) is 0 Å². The maximum atomic E-state index is 5.96. The minimum absolute atomic E-state index is 0.716. The van der Waals surface area contributed by atoms with E-state index in [1.54, 1.807) is 7.11 Å². The quantitative estimate of drug-likeness (QED) is 0.753. The fourth-order valence-electron chi connectivity index (χ4n) is 2.65. The molecule has 2 rings (SSSR count). The van der Waals surface area contributed by atoms with Crippen molar-refractivity contribution in [2.45, 2.75) is 37.5 Å². The van der Waals surface area contributed by atoms with Gasteiger partial charge in [0.1, 0.15) is 0 Å². The Morgan fingerprint density at radius 1 is 1.10 bits per heavy atom.